The summed E-state index contributed by atoms with van der Waals surface area (Å²) < 4.78 is 0. The third-order valence-corrected chi connectivity index (χ3v) is 4.34. The molecule has 0 spiro atoms. The van der Waals surface area contributed by atoms with Crippen LogP contribution < -0.4 is 0 Å². The molecule has 0 saturated carbocycles. The molecule has 28 heavy (non-hydrogen) atoms. The molecule has 3 rings (SSSR count). The van der Waals surface area contributed by atoms with E-state index in [0.29, 0.717) is 19.5 Å². The molecular weight excluding hydrogens is 358 g/mol. The van der Waals surface area contributed by atoms with Crippen molar-refractivity contribution in [2.75, 3.05) is 13.2 Å². The summed E-state index contributed by atoms with van der Waals surface area (Å²) in [4.78, 5) is 25.3. The van der Waals surface area contributed by atoms with Crippen LogP contribution in [0, 0.1) is 0 Å². The molecule has 0 radical (unpaired) electrons. The predicted molar refractivity (Wildman–Crippen MR) is 104 cm³/mol. The number of aliphatic hydroxyl groups is 1. The second-order valence-electron chi connectivity index (χ2n) is 6.34. The van der Waals surface area contributed by atoms with Crippen LogP contribution in [-0.2, 0) is 6.54 Å². The van der Waals surface area contributed by atoms with Crippen LogP contribution in [0.3, 0.4) is 0 Å². The Balaban J connectivity index is 1.76. The van der Waals surface area contributed by atoms with Gasteiger partial charge in [0.2, 0.25) is 0 Å². The minimum absolute atomic E-state index is 0.0382. The van der Waals surface area contributed by atoms with Gasteiger partial charge in [-0.3, -0.25) is 9.89 Å². The molecule has 7 nitrogen and oxygen atoms in total. The Morgan fingerprint density at radius 3 is 2.29 bits per heavy atom. The van der Waals surface area contributed by atoms with Crippen LogP contribution in [0.2, 0.25) is 0 Å². The number of nitrogens with one attached hydrogen (secondary N) is 1. The van der Waals surface area contributed by atoms with Crippen molar-refractivity contribution in [2.24, 2.45) is 0 Å². The van der Waals surface area contributed by atoms with E-state index in [1.165, 1.54) is 6.07 Å². The highest BCUT2D eigenvalue weighted by Crippen LogP contribution is 2.20. The summed E-state index contributed by atoms with van der Waals surface area (Å²) >= 11 is 0. The molecule has 0 saturated heterocycles. The average molecular weight is 379 g/mol. The molecule has 1 heterocycles. The van der Waals surface area contributed by atoms with Crippen LogP contribution >= 0.6 is 0 Å². The second kappa shape index (κ2) is 8.96. The molecule has 144 valence electrons. The first kappa shape index (κ1) is 19.3. The molecule has 1 amide bonds. The van der Waals surface area contributed by atoms with Crippen molar-refractivity contribution in [3.05, 3.63) is 77.6 Å². The van der Waals surface area contributed by atoms with Crippen LogP contribution in [0.5, 0.6) is 0 Å². The molecule has 0 aliphatic heterocycles. The maximum absolute atomic E-state index is 12.7. The van der Waals surface area contributed by atoms with Gasteiger partial charge in [0.05, 0.1) is 0 Å². The third-order valence-electron chi connectivity index (χ3n) is 4.34. The Morgan fingerprint density at radius 2 is 1.68 bits per heavy atom. The monoisotopic (exact) mass is 379 g/mol. The number of H-pyrrole nitrogens is 1. The van der Waals surface area contributed by atoms with Crippen molar-refractivity contribution < 1.29 is 19.8 Å². The number of nitrogens with zero attached hydrogens (tertiary/aromatic N) is 2. The lowest BCUT2D eigenvalue weighted by molar-refractivity contribution is 0.0689. The second-order valence-corrected chi connectivity index (χ2v) is 6.34. The van der Waals surface area contributed by atoms with Gasteiger partial charge in [-0.1, -0.05) is 54.6 Å². The molecule has 3 aromatic rings. The van der Waals surface area contributed by atoms with Gasteiger partial charge in [-0.05, 0) is 23.1 Å². The number of carboxylic acids is 1. The summed E-state index contributed by atoms with van der Waals surface area (Å²) in [7, 11) is 0. The van der Waals surface area contributed by atoms with Crippen LogP contribution in [0.1, 0.15) is 33.0 Å². The minimum atomic E-state index is -1.18. The molecule has 0 unspecified atom stereocenters. The summed E-state index contributed by atoms with van der Waals surface area (Å²) in [6.07, 6.45) is 0.421. The largest absolute Gasteiger partial charge is 0.477 e. The number of aromatic nitrogens is 2. The number of carbonyl (C=O) groups excluding carboxylic acids is 1. The van der Waals surface area contributed by atoms with Gasteiger partial charge in [-0.15, -0.1) is 0 Å². The first-order valence-electron chi connectivity index (χ1n) is 8.91. The van der Waals surface area contributed by atoms with Crippen molar-refractivity contribution in [3.63, 3.8) is 0 Å². The molecule has 7 heteroatoms. The Kier molecular flexibility index (Phi) is 6.18. The van der Waals surface area contributed by atoms with Gasteiger partial charge in [0.15, 0.2) is 5.69 Å². The van der Waals surface area contributed by atoms with Crippen LogP contribution in [0.4, 0.5) is 0 Å². The number of aromatic amines is 1. The first-order chi connectivity index (χ1) is 13.6. The number of aliphatic hydroxyl groups excluding tert-OH is 1. The zero-order valence-electron chi connectivity index (χ0n) is 15.2. The molecule has 0 fully saturated rings. The maximum Gasteiger partial charge on any atom is 0.353 e. The molecule has 3 N–H and O–H groups in total. The van der Waals surface area contributed by atoms with E-state index in [4.69, 9.17) is 10.2 Å². The number of carbonyl (C=O) groups is 2. The predicted octanol–water partition coefficient (Wildman–Crippen LogP) is 2.80. The number of hydrogen-bond donors (Lipinski definition) is 3. The van der Waals surface area contributed by atoms with E-state index in [9.17, 15) is 9.59 Å². The van der Waals surface area contributed by atoms with Crippen LogP contribution in [0.25, 0.3) is 11.1 Å². The number of rotatable bonds is 8. The lowest BCUT2D eigenvalue weighted by Crippen LogP contribution is -2.32. The van der Waals surface area contributed by atoms with Gasteiger partial charge in [-0.25, -0.2) is 4.79 Å². The molecule has 0 aliphatic rings. The Bertz CT molecular complexity index is 936. The van der Waals surface area contributed by atoms with Gasteiger partial charge >= 0.3 is 5.97 Å². The number of hydrogen-bond acceptors (Lipinski definition) is 4. The van der Waals surface area contributed by atoms with E-state index in [0.717, 1.165) is 16.7 Å². The number of carboxylic acid groups (broad SMARTS) is 1. The molecule has 2 aromatic carbocycles. The maximum atomic E-state index is 12.7. The topological polar surface area (TPSA) is 107 Å². The van der Waals surface area contributed by atoms with Gasteiger partial charge in [0, 0.05) is 25.8 Å². The van der Waals surface area contributed by atoms with E-state index in [2.05, 4.69) is 10.2 Å². The fourth-order valence-electron chi connectivity index (χ4n) is 2.87. The normalized spacial score (nSPS) is 10.6. The Hall–Kier alpha value is -3.45. The van der Waals surface area contributed by atoms with Crippen molar-refractivity contribution in [1.82, 2.24) is 15.1 Å². The van der Waals surface area contributed by atoms with E-state index in [-0.39, 0.29) is 23.9 Å². The van der Waals surface area contributed by atoms with Gasteiger partial charge in [-0.2, -0.15) is 5.10 Å². The van der Waals surface area contributed by atoms with Crippen LogP contribution in [0.15, 0.2) is 60.7 Å². The van der Waals surface area contributed by atoms with Gasteiger partial charge in [0.25, 0.3) is 5.91 Å². The SMILES string of the molecule is O=C(O)c1cc(C(=O)N(CCCO)Cc2ccc(-c3ccccc3)cc2)n[nH]1. The van der Waals surface area contributed by atoms with Crippen molar-refractivity contribution in [1.29, 1.82) is 0 Å². The fourth-order valence-corrected chi connectivity index (χ4v) is 2.87. The van der Waals surface area contributed by atoms with Crippen molar-refractivity contribution >= 4 is 11.9 Å². The highest BCUT2D eigenvalue weighted by molar-refractivity contribution is 5.95. The smallest absolute Gasteiger partial charge is 0.353 e. The zero-order chi connectivity index (χ0) is 19.9. The summed E-state index contributed by atoms with van der Waals surface area (Å²) in [5.41, 5.74) is 3.02. The van der Waals surface area contributed by atoms with Crippen molar-refractivity contribution in [3.8, 4) is 11.1 Å². The fraction of sp³-hybridized carbons (Fsp3) is 0.190. The summed E-state index contributed by atoms with van der Waals surface area (Å²) in [6.45, 7) is 0.631. The zero-order valence-corrected chi connectivity index (χ0v) is 15.2. The lowest BCUT2D eigenvalue weighted by Gasteiger charge is -2.21. The average Bonchev–Trinajstić information content (AvgIpc) is 3.22. The summed E-state index contributed by atoms with van der Waals surface area (Å²) in [5, 5.41) is 24.3. The first-order valence-corrected chi connectivity index (χ1v) is 8.91. The molecule has 0 aliphatic carbocycles. The summed E-state index contributed by atoms with van der Waals surface area (Å²) in [5.74, 6) is -1.56. The van der Waals surface area contributed by atoms with Gasteiger partial charge in [0.1, 0.15) is 5.69 Å². The van der Waals surface area contributed by atoms with Gasteiger partial charge < -0.3 is 15.1 Å². The van der Waals surface area contributed by atoms with E-state index in [1.807, 2.05) is 54.6 Å². The molecular formula is C21H21N3O4. The quantitative estimate of drug-likeness (QED) is 0.558. The number of amides is 1. The van der Waals surface area contributed by atoms with E-state index in [1.54, 1.807) is 4.90 Å². The Morgan fingerprint density at radius 1 is 1.00 bits per heavy atom. The molecule has 1 aromatic heterocycles. The van der Waals surface area contributed by atoms with Crippen LogP contribution in [-0.4, -0.2) is 50.3 Å². The highest BCUT2D eigenvalue weighted by atomic mass is 16.4. The Labute approximate surface area is 162 Å². The van der Waals surface area contributed by atoms with E-state index >= 15 is 0 Å². The third kappa shape index (κ3) is 4.63. The highest BCUT2D eigenvalue weighted by Gasteiger charge is 2.20. The lowest BCUT2D eigenvalue weighted by atomic mass is 10.0. The molecule has 0 atom stereocenters. The van der Waals surface area contributed by atoms with E-state index < -0.39 is 5.97 Å². The number of aromatic carboxylic acids is 1. The summed E-state index contributed by atoms with van der Waals surface area (Å²) in [6, 6.07) is 19.1. The standard InChI is InChI=1S/C21H21N3O4/c25-12-4-11-24(20(26)18-13-19(21(27)28)23-22-18)14-15-7-9-17(10-8-15)16-5-2-1-3-6-16/h1-3,5-10,13,25H,4,11-12,14H2,(H,22,23)(H,27,28). The molecule has 0 bridgehead atoms. The number of benzene rings is 2. The van der Waals surface area contributed by atoms with Crippen molar-refractivity contribution in [2.45, 2.75) is 13.0 Å². The minimum Gasteiger partial charge on any atom is -0.477 e.